The first-order chi connectivity index (χ1) is 8.60. The van der Waals surface area contributed by atoms with Crippen LogP contribution in [-0.2, 0) is 0 Å². The fourth-order valence-electron chi connectivity index (χ4n) is 2.54. The van der Waals surface area contributed by atoms with Gasteiger partial charge in [-0.3, -0.25) is 4.79 Å². The molecule has 2 unspecified atom stereocenters. The monoisotopic (exact) mass is 247 g/mol. The second-order valence-corrected chi connectivity index (χ2v) is 5.14. The van der Waals surface area contributed by atoms with E-state index in [0.29, 0.717) is 17.3 Å². The van der Waals surface area contributed by atoms with Crippen molar-refractivity contribution in [2.24, 2.45) is 5.92 Å². The van der Waals surface area contributed by atoms with Crippen LogP contribution in [-0.4, -0.2) is 19.0 Å². The van der Waals surface area contributed by atoms with Crippen LogP contribution in [0.1, 0.15) is 36.5 Å². The fraction of sp³-hybridized carbons (Fsp3) is 0.500. The Balaban J connectivity index is 2.08. The van der Waals surface area contributed by atoms with Crippen LogP contribution < -0.4 is 16.4 Å². The second-order valence-electron chi connectivity index (χ2n) is 5.14. The highest BCUT2D eigenvalue weighted by atomic mass is 16.1. The molecule has 1 fully saturated rings. The number of carbonyl (C=O) groups excluding carboxylic acids is 1. The zero-order valence-corrected chi connectivity index (χ0v) is 11.0. The van der Waals surface area contributed by atoms with Gasteiger partial charge in [0.15, 0.2) is 0 Å². The average Bonchev–Trinajstić information content (AvgIpc) is 2.76. The Morgan fingerprint density at radius 2 is 2.17 bits per heavy atom. The highest BCUT2D eigenvalue weighted by Gasteiger charge is 2.21. The van der Waals surface area contributed by atoms with Gasteiger partial charge in [0.25, 0.3) is 5.91 Å². The molecule has 1 aliphatic rings. The molecule has 1 aliphatic carbocycles. The van der Waals surface area contributed by atoms with Gasteiger partial charge in [0, 0.05) is 18.7 Å². The van der Waals surface area contributed by atoms with Gasteiger partial charge in [-0.2, -0.15) is 0 Å². The van der Waals surface area contributed by atoms with Gasteiger partial charge < -0.3 is 16.4 Å². The number of hydrogen-bond donors (Lipinski definition) is 3. The quantitative estimate of drug-likeness (QED) is 0.717. The zero-order valence-electron chi connectivity index (χ0n) is 11.0. The largest absolute Gasteiger partial charge is 0.397 e. The Kier molecular flexibility index (Phi) is 3.75. The van der Waals surface area contributed by atoms with Gasteiger partial charge in [-0.1, -0.05) is 6.92 Å². The third-order valence-corrected chi connectivity index (χ3v) is 3.60. The van der Waals surface area contributed by atoms with Crippen molar-refractivity contribution in [2.75, 3.05) is 18.1 Å². The highest BCUT2D eigenvalue weighted by Crippen LogP contribution is 2.29. The summed E-state index contributed by atoms with van der Waals surface area (Å²) in [5.74, 6) is 0.677. The molecule has 0 aliphatic heterocycles. The number of carbonyl (C=O) groups is 1. The van der Waals surface area contributed by atoms with Gasteiger partial charge >= 0.3 is 0 Å². The van der Waals surface area contributed by atoms with E-state index in [1.807, 2.05) is 6.07 Å². The number of anilines is 2. The minimum absolute atomic E-state index is 0.109. The van der Waals surface area contributed by atoms with Crippen LogP contribution in [0.5, 0.6) is 0 Å². The molecule has 2 rings (SSSR count). The van der Waals surface area contributed by atoms with Gasteiger partial charge in [-0.25, -0.2) is 0 Å². The van der Waals surface area contributed by atoms with Crippen LogP contribution in [0, 0.1) is 5.92 Å². The van der Waals surface area contributed by atoms with Crippen molar-refractivity contribution < 1.29 is 4.79 Å². The van der Waals surface area contributed by atoms with Crippen LogP contribution in [0.25, 0.3) is 0 Å². The number of rotatable bonds is 3. The summed E-state index contributed by atoms with van der Waals surface area (Å²) in [5.41, 5.74) is 8.15. The molecule has 0 spiro atoms. The topological polar surface area (TPSA) is 67.2 Å². The van der Waals surface area contributed by atoms with Crippen LogP contribution >= 0.6 is 0 Å². The lowest BCUT2D eigenvalue weighted by Crippen LogP contribution is -2.19. The van der Waals surface area contributed by atoms with Gasteiger partial charge in [0.05, 0.1) is 11.4 Å². The lowest BCUT2D eigenvalue weighted by atomic mass is 10.1. The Morgan fingerprint density at radius 3 is 2.72 bits per heavy atom. The molecule has 0 aromatic heterocycles. The molecule has 1 aromatic carbocycles. The Bertz CT molecular complexity index is 445. The molecule has 4 nitrogen and oxygen atoms in total. The standard InChI is InChI=1S/C14H21N3O/c1-9-3-5-11(7-9)17-13-6-4-10(8-12(13)15)14(18)16-2/h4,6,8-9,11,17H,3,5,7,15H2,1-2H3,(H,16,18). The first-order valence-electron chi connectivity index (χ1n) is 6.48. The van der Waals surface area contributed by atoms with Crippen LogP contribution in [0.4, 0.5) is 11.4 Å². The van der Waals surface area contributed by atoms with Crippen molar-refractivity contribution in [3.8, 4) is 0 Å². The molecular weight excluding hydrogens is 226 g/mol. The van der Waals surface area contributed by atoms with E-state index in [1.165, 1.54) is 19.3 Å². The van der Waals surface area contributed by atoms with Crippen molar-refractivity contribution in [1.29, 1.82) is 0 Å². The first-order valence-corrected chi connectivity index (χ1v) is 6.48. The smallest absolute Gasteiger partial charge is 0.251 e. The van der Waals surface area contributed by atoms with Crippen molar-refractivity contribution in [1.82, 2.24) is 5.32 Å². The number of amides is 1. The zero-order chi connectivity index (χ0) is 13.1. The molecule has 1 aromatic rings. The van der Waals surface area contributed by atoms with E-state index in [2.05, 4.69) is 17.6 Å². The predicted octanol–water partition coefficient (Wildman–Crippen LogP) is 2.23. The first kappa shape index (κ1) is 12.7. The van der Waals surface area contributed by atoms with Gasteiger partial charge in [0.2, 0.25) is 0 Å². The molecule has 1 amide bonds. The summed E-state index contributed by atoms with van der Waals surface area (Å²) in [6, 6.07) is 5.92. The van der Waals surface area contributed by atoms with Gasteiger partial charge in [0.1, 0.15) is 0 Å². The van der Waals surface area contributed by atoms with Crippen LogP contribution in [0.2, 0.25) is 0 Å². The minimum atomic E-state index is -0.109. The predicted molar refractivity (Wildman–Crippen MR) is 74.7 cm³/mol. The number of nitrogen functional groups attached to an aromatic ring is 1. The Hall–Kier alpha value is -1.71. The summed E-state index contributed by atoms with van der Waals surface area (Å²) in [4.78, 5) is 11.5. The van der Waals surface area contributed by atoms with E-state index >= 15 is 0 Å². The Morgan fingerprint density at radius 1 is 1.39 bits per heavy atom. The number of benzene rings is 1. The lowest BCUT2D eigenvalue weighted by molar-refractivity contribution is 0.0963. The summed E-state index contributed by atoms with van der Waals surface area (Å²) in [7, 11) is 1.62. The molecule has 4 N–H and O–H groups in total. The second kappa shape index (κ2) is 5.29. The summed E-state index contributed by atoms with van der Waals surface area (Å²) in [6.07, 6.45) is 3.66. The third kappa shape index (κ3) is 2.75. The molecule has 0 radical (unpaired) electrons. The van der Waals surface area contributed by atoms with Crippen molar-refractivity contribution in [2.45, 2.75) is 32.2 Å². The maximum Gasteiger partial charge on any atom is 0.251 e. The molecule has 0 saturated heterocycles. The highest BCUT2D eigenvalue weighted by molar-refractivity contribution is 5.95. The van der Waals surface area contributed by atoms with Gasteiger partial charge in [-0.05, 0) is 43.4 Å². The number of hydrogen-bond acceptors (Lipinski definition) is 3. The van der Waals surface area contributed by atoms with E-state index in [1.54, 1.807) is 19.2 Å². The summed E-state index contributed by atoms with van der Waals surface area (Å²) in [5, 5.41) is 6.06. The molecule has 98 valence electrons. The minimum Gasteiger partial charge on any atom is -0.397 e. The average molecular weight is 247 g/mol. The van der Waals surface area contributed by atoms with Crippen molar-refractivity contribution in [3.63, 3.8) is 0 Å². The number of nitrogens with two attached hydrogens (primary N) is 1. The summed E-state index contributed by atoms with van der Waals surface area (Å²) in [6.45, 7) is 2.28. The molecule has 0 heterocycles. The van der Waals surface area contributed by atoms with E-state index in [-0.39, 0.29) is 5.91 Å². The molecular formula is C14H21N3O. The molecule has 18 heavy (non-hydrogen) atoms. The molecule has 0 bridgehead atoms. The molecule has 1 saturated carbocycles. The lowest BCUT2D eigenvalue weighted by Gasteiger charge is -2.16. The van der Waals surface area contributed by atoms with E-state index in [9.17, 15) is 4.79 Å². The van der Waals surface area contributed by atoms with Crippen molar-refractivity contribution in [3.05, 3.63) is 23.8 Å². The number of nitrogens with one attached hydrogen (secondary N) is 2. The Labute approximate surface area is 108 Å². The van der Waals surface area contributed by atoms with Crippen LogP contribution in [0.15, 0.2) is 18.2 Å². The van der Waals surface area contributed by atoms with E-state index in [4.69, 9.17) is 5.73 Å². The molecule has 4 heteroatoms. The maximum absolute atomic E-state index is 11.5. The van der Waals surface area contributed by atoms with Crippen molar-refractivity contribution >= 4 is 17.3 Å². The van der Waals surface area contributed by atoms with Gasteiger partial charge in [-0.15, -0.1) is 0 Å². The fourth-order valence-corrected chi connectivity index (χ4v) is 2.54. The van der Waals surface area contributed by atoms with E-state index < -0.39 is 0 Å². The SMILES string of the molecule is CNC(=O)c1ccc(NC2CCC(C)C2)c(N)c1. The third-order valence-electron chi connectivity index (χ3n) is 3.60. The summed E-state index contributed by atoms with van der Waals surface area (Å²) < 4.78 is 0. The van der Waals surface area contributed by atoms with E-state index in [0.717, 1.165) is 11.6 Å². The summed E-state index contributed by atoms with van der Waals surface area (Å²) >= 11 is 0. The normalized spacial score (nSPS) is 22.8. The van der Waals surface area contributed by atoms with Crippen LogP contribution in [0.3, 0.4) is 0 Å². The maximum atomic E-state index is 11.5. The molecule has 2 atom stereocenters.